The summed E-state index contributed by atoms with van der Waals surface area (Å²) in [6.45, 7) is 10.5. The molecular formula is C27H41N3O5. The van der Waals surface area contributed by atoms with E-state index in [2.05, 4.69) is 13.2 Å². The fraction of sp³-hybridized carbons (Fsp3) is 0.741. The quantitative estimate of drug-likeness (QED) is 0.477. The minimum absolute atomic E-state index is 0.0790. The van der Waals surface area contributed by atoms with E-state index < -0.39 is 29.1 Å². The Kier molecular flexibility index (Phi) is 7.44. The fourth-order valence-electron chi connectivity index (χ4n) is 7.19. The molecule has 4 fully saturated rings. The normalized spacial score (nSPS) is 34.1. The monoisotopic (exact) mass is 487 g/mol. The van der Waals surface area contributed by atoms with E-state index in [1.807, 2.05) is 11.8 Å². The number of carbonyl (C=O) groups excluding carboxylic acids is 3. The second-order valence-electron chi connectivity index (χ2n) is 10.9. The van der Waals surface area contributed by atoms with Crippen LogP contribution in [-0.4, -0.2) is 94.1 Å². The average Bonchev–Trinajstić information content (AvgIpc) is 3.41. The van der Waals surface area contributed by atoms with Gasteiger partial charge in [-0.25, -0.2) is 0 Å². The van der Waals surface area contributed by atoms with Gasteiger partial charge in [-0.1, -0.05) is 31.4 Å². The molecule has 3 saturated heterocycles. The smallest absolute Gasteiger partial charge is 0.248 e. The second-order valence-corrected chi connectivity index (χ2v) is 10.9. The highest BCUT2D eigenvalue weighted by Gasteiger charge is 2.78. The van der Waals surface area contributed by atoms with Gasteiger partial charge in [0.15, 0.2) is 0 Å². The first-order valence-corrected chi connectivity index (χ1v) is 13.1. The number of likely N-dealkylation sites (N-methyl/N-ethyl adjacent to an activating group) is 1. The highest BCUT2D eigenvalue weighted by Crippen LogP contribution is 2.63. The molecule has 3 aliphatic heterocycles. The van der Waals surface area contributed by atoms with Gasteiger partial charge in [-0.15, -0.1) is 13.2 Å². The standard InChI is InChI=1S/C27H41N3O5/c1-5-15-28(4)23(32)20-21-24(33)30(17-10-18-31)22(27(21)14-13-26(20,3)35-27)25(34)29(16-6-2)19-11-8-7-9-12-19/h5-6,19-22,31H,1-2,7-18H2,3-4H3/t20-,21-,22?,26+,27?/m0/s1. The zero-order valence-electron chi connectivity index (χ0n) is 21.3. The van der Waals surface area contributed by atoms with Crippen molar-refractivity contribution in [3.05, 3.63) is 25.3 Å². The molecule has 4 rings (SSSR count). The molecular weight excluding hydrogens is 446 g/mol. The average molecular weight is 488 g/mol. The van der Waals surface area contributed by atoms with Gasteiger partial charge in [-0.05, 0) is 39.0 Å². The number of rotatable bonds is 10. The first-order chi connectivity index (χ1) is 16.8. The van der Waals surface area contributed by atoms with Crippen LogP contribution in [0.3, 0.4) is 0 Å². The van der Waals surface area contributed by atoms with E-state index >= 15 is 0 Å². The molecule has 35 heavy (non-hydrogen) atoms. The molecule has 8 nitrogen and oxygen atoms in total. The first-order valence-electron chi connectivity index (χ1n) is 13.1. The predicted octanol–water partition coefficient (Wildman–Crippen LogP) is 2.13. The molecule has 2 bridgehead atoms. The van der Waals surface area contributed by atoms with Crippen LogP contribution in [0.2, 0.25) is 0 Å². The molecule has 0 radical (unpaired) electrons. The third-order valence-corrected chi connectivity index (χ3v) is 8.74. The van der Waals surface area contributed by atoms with Gasteiger partial charge in [-0.2, -0.15) is 0 Å². The topological polar surface area (TPSA) is 90.4 Å². The Hall–Kier alpha value is -2.19. The van der Waals surface area contributed by atoms with Crippen LogP contribution in [0.1, 0.15) is 58.3 Å². The van der Waals surface area contributed by atoms with E-state index in [1.165, 1.54) is 6.42 Å². The van der Waals surface area contributed by atoms with Crippen molar-refractivity contribution in [2.24, 2.45) is 11.8 Å². The second kappa shape index (κ2) is 10.1. The molecule has 3 heterocycles. The maximum atomic E-state index is 14.3. The summed E-state index contributed by atoms with van der Waals surface area (Å²) in [5.74, 6) is -1.80. The van der Waals surface area contributed by atoms with Crippen LogP contribution < -0.4 is 0 Å². The maximum absolute atomic E-state index is 14.3. The van der Waals surface area contributed by atoms with Crippen LogP contribution in [-0.2, 0) is 19.1 Å². The van der Waals surface area contributed by atoms with Gasteiger partial charge in [0.05, 0.1) is 17.4 Å². The summed E-state index contributed by atoms with van der Waals surface area (Å²) in [6.07, 6.45) is 10.2. The highest BCUT2D eigenvalue weighted by molar-refractivity contribution is 5.99. The number of aliphatic hydroxyl groups is 1. The Morgan fingerprint density at radius 2 is 1.83 bits per heavy atom. The minimum atomic E-state index is -1.03. The van der Waals surface area contributed by atoms with Crippen molar-refractivity contribution in [3.8, 4) is 0 Å². The van der Waals surface area contributed by atoms with Crippen molar-refractivity contribution in [3.63, 3.8) is 0 Å². The summed E-state index contributed by atoms with van der Waals surface area (Å²) in [5, 5.41) is 9.53. The number of carbonyl (C=O) groups is 3. The molecule has 2 unspecified atom stereocenters. The number of amides is 3. The molecule has 194 valence electrons. The van der Waals surface area contributed by atoms with Crippen molar-refractivity contribution in [2.75, 3.05) is 33.3 Å². The Bertz CT molecular complexity index is 871. The Morgan fingerprint density at radius 3 is 2.46 bits per heavy atom. The number of likely N-dealkylation sites (tertiary alicyclic amines) is 1. The van der Waals surface area contributed by atoms with E-state index in [0.29, 0.717) is 32.4 Å². The summed E-state index contributed by atoms with van der Waals surface area (Å²) >= 11 is 0. The van der Waals surface area contributed by atoms with E-state index in [-0.39, 0.29) is 36.9 Å². The number of hydrogen-bond acceptors (Lipinski definition) is 5. The molecule has 0 aromatic carbocycles. The van der Waals surface area contributed by atoms with Gasteiger partial charge in [0.1, 0.15) is 11.6 Å². The van der Waals surface area contributed by atoms with Crippen molar-refractivity contribution in [1.29, 1.82) is 0 Å². The van der Waals surface area contributed by atoms with Crippen molar-refractivity contribution >= 4 is 17.7 Å². The van der Waals surface area contributed by atoms with Crippen LogP contribution >= 0.6 is 0 Å². The first kappa shape index (κ1) is 25.9. The SMILES string of the molecule is C=CCN(C)C(=O)[C@@H]1[C@H]2C(=O)N(CCCO)C(C(=O)N(CC=C)C3CCCCC3)C23CC[C@@]1(C)O3. The Labute approximate surface area is 208 Å². The van der Waals surface area contributed by atoms with Crippen LogP contribution in [0.5, 0.6) is 0 Å². The molecule has 0 aromatic heterocycles. The number of nitrogens with zero attached hydrogens (tertiary/aromatic N) is 3. The van der Waals surface area contributed by atoms with Crippen molar-refractivity contribution < 1.29 is 24.2 Å². The maximum Gasteiger partial charge on any atom is 0.248 e. The van der Waals surface area contributed by atoms with Gasteiger partial charge >= 0.3 is 0 Å². The number of ether oxygens (including phenoxy) is 1. The predicted molar refractivity (Wildman–Crippen MR) is 132 cm³/mol. The van der Waals surface area contributed by atoms with Gasteiger partial charge in [-0.3, -0.25) is 14.4 Å². The summed E-state index contributed by atoms with van der Waals surface area (Å²) in [6, 6.07) is -0.678. The van der Waals surface area contributed by atoms with E-state index in [0.717, 1.165) is 25.7 Å². The van der Waals surface area contributed by atoms with Gasteiger partial charge in [0.25, 0.3) is 0 Å². The summed E-state index contributed by atoms with van der Waals surface area (Å²) < 4.78 is 6.69. The molecule has 1 N–H and O–H groups in total. The van der Waals surface area contributed by atoms with Crippen LogP contribution in [0.25, 0.3) is 0 Å². The van der Waals surface area contributed by atoms with Crippen molar-refractivity contribution in [1.82, 2.24) is 14.7 Å². The minimum Gasteiger partial charge on any atom is -0.396 e. The van der Waals surface area contributed by atoms with Crippen molar-refractivity contribution in [2.45, 2.75) is 81.6 Å². The van der Waals surface area contributed by atoms with E-state index in [4.69, 9.17) is 4.74 Å². The fourth-order valence-corrected chi connectivity index (χ4v) is 7.19. The number of aliphatic hydroxyl groups excluding tert-OH is 1. The largest absolute Gasteiger partial charge is 0.396 e. The highest BCUT2D eigenvalue weighted by atomic mass is 16.5. The molecule has 1 spiro atoms. The molecule has 3 amide bonds. The van der Waals surface area contributed by atoms with E-state index in [1.54, 1.807) is 29.0 Å². The lowest BCUT2D eigenvalue weighted by molar-refractivity contribution is -0.154. The molecule has 5 atom stereocenters. The van der Waals surface area contributed by atoms with Crippen LogP contribution in [0.15, 0.2) is 25.3 Å². The third kappa shape index (κ3) is 4.12. The van der Waals surface area contributed by atoms with Crippen LogP contribution in [0, 0.1) is 11.8 Å². The molecule has 8 heteroatoms. The molecule has 1 aliphatic carbocycles. The Balaban J connectivity index is 1.74. The van der Waals surface area contributed by atoms with Gasteiger partial charge in [0, 0.05) is 39.3 Å². The summed E-state index contributed by atoms with van der Waals surface area (Å²) in [4.78, 5) is 47.0. The number of fused-ring (bicyclic) bond motifs is 1. The van der Waals surface area contributed by atoms with E-state index in [9.17, 15) is 19.5 Å². The zero-order valence-corrected chi connectivity index (χ0v) is 21.3. The summed E-state index contributed by atoms with van der Waals surface area (Å²) in [5.41, 5.74) is -1.82. The van der Waals surface area contributed by atoms with Gasteiger partial charge in [0.2, 0.25) is 17.7 Å². The molecule has 0 aromatic rings. The lowest BCUT2D eigenvalue weighted by Gasteiger charge is -2.40. The molecule has 1 saturated carbocycles. The zero-order chi connectivity index (χ0) is 25.4. The lowest BCUT2D eigenvalue weighted by Crippen LogP contribution is -2.58. The lowest BCUT2D eigenvalue weighted by atomic mass is 9.66. The van der Waals surface area contributed by atoms with Crippen LogP contribution in [0.4, 0.5) is 0 Å². The Morgan fingerprint density at radius 1 is 1.14 bits per heavy atom. The third-order valence-electron chi connectivity index (χ3n) is 8.74. The number of hydrogen-bond donors (Lipinski definition) is 1. The molecule has 4 aliphatic rings. The summed E-state index contributed by atoms with van der Waals surface area (Å²) in [7, 11) is 1.71. The van der Waals surface area contributed by atoms with Gasteiger partial charge < -0.3 is 24.5 Å².